The quantitative estimate of drug-likeness (QED) is 0.130. The molecule has 0 fully saturated rings. The predicted molar refractivity (Wildman–Crippen MR) is 276 cm³/mol. The zero-order valence-corrected chi connectivity index (χ0v) is 36.6. The van der Waals surface area contributed by atoms with Gasteiger partial charge in [-0.1, -0.05) is 175 Å². The zero-order chi connectivity index (χ0) is 44.2. The summed E-state index contributed by atoms with van der Waals surface area (Å²) in [5, 5.41) is 0. The van der Waals surface area contributed by atoms with Crippen molar-refractivity contribution in [3.05, 3.63) is 267 Å². The summed E-state index contributed by atoms with van der Waals surface area (Å²) in [6, 6.07) is 90.9. The molecular weight excluding hydrogens is 801 g/mol. The molecule has 0 bridgehead atoms. The van der Waals surface area contributed by atoms with Gasteiger partial charge in [-0.25, -0.2) is 4.98 Å². The molecule has 0 N–H and O–H groups in total. The third-order valence-corrected chi connectivity index (χ3v) is 12.3. The third-order valence-electron chi connectivity index (χ3n) is 12.3. The van der Waals surface area contributed by atoms with E-state index in [9.17, 15) is 0 Å². The van der Waals surface area contributed by atoms with Gasteiger partial charge < -0.3 is 9.80 Å². The Hall–Kier alpha value is -8.73. The molecule has 4 nitrogen and oxygen atoms in total. The molecule has 0 aliphatic heterocycles. The number of hydrogen-bond acceptors (Lipinski definition) is 3. The van der Waals surface area contributed by atoms with Crippen LogP contribution in [0.1, 0.15) is 5.56 Å². The molecule has 0 atom stereocenters. The smallest absolute Gasteiger partial charge is 0.137 e. The van der Waals surface area contributed by atoms with E-state index in [1.54, 1.807) is 0 Å². The normalized spacial score (nSPS) is 11.1. The Balaban J connectivity index is 0.925. The molecule has 0 aliphatic rings. The summed E-state index contributed by atoms with van der Waals surface area (Å²) in [5.41, 5.74) is 19.9. The van der Waals surface area contributed by atoms with Gasteiger partial charge in [0, 0.05) is 51.4 Å². The van der Waals surface area contributed by atoms with E-state index < -0.39 is 0 Å². The van der Waals surface area contributed by atoms with Gasteiger partial charge in [0.2, 0.25) is 0 Å². The molecule has 0 radical (unpaired) electrons. The van der Waals surface area contributed by atoms with Crippen molar-refractivity contribution in [2.45, 2.75) is 6.92 Å². The van der Waals surface area contributed by atoms with Crippen LogP contribution in [0.4, 0.5) is 34.1 Å². The van der Waals surface area contributed by atoms with Crippen LogP contribution in [0.25, 0.3) is 61.5 Å². The van der Waals surface area contributed by atoms with Crippen LogP contribution in [-0.2, 0) is 0 Å². The van der Waals surface area contributed by atoms with E-state index in [-0.39, 0.29) is 0 Å². The Kier molecular flexibility index (Phi) is 10.8. The summed E-state index contributed by atoms with van der Waals surface area (Å²) in [6.45, 7) is 2.13. The molecule has 0 amide bonds. The molecule has 66 heavy (non-hydrogen) atoms. The molecule has 314 valence electrons. The molecule has 2 aromatic heterocycles. The van der Waals surface area contributed by atoms with Gasteiger partial charge >= 0.3 is 0 Å². The number of nitrogens with zero attached hydrogens (tertiary/aromatic N) is 4. The lowest BCUT2D eigenvalue weighted by Gasteiger charge is -2.27. The molecule has 0 saturated heterocycles. The molecule has 0 unspecified atom stereocenters. The van der Waals surface area contributed by atoms with Crippen LogP contribution in [0, 0.1) is 6.92 Å². The molecule has 0 saturated carbocycles. The number of rotatable bonds is 11. The highest BCUT2D eigenvalue weighted by atomic mass is 15.1. The molecule has 11 rings (SSSR count). The van der Waals surface area contributed by atoms with Crippen molar-refractivity contribution in [3.63, 3.8) is 0 Å². The Morgan fingerprint density at radius 1 is 0.303 bits per heavy atom. The fourth-order valence-corrected chi connectivity index (χ4v) is 8.92. The highest BCUT2D eigenvalue weighted by Gasteiger charge is 2.19. The van der Waals surface area contributed by atoms with Crippen molar-refractivity contribution < 1.29 is 0 Å². The number of imidazole rings is 1. The molecule has 0 spiro atoms. The first-order valence-electron chi connectivity index (χ1n) is 22.4. The fraction of sp³-hybridized carbons (Fsp3) is 0.0161. The first-order valence-corrected chi connectivity index (χ1v) is 22.4. The topological polar surface area (TPSA) is 23.8 Å². The standard InChI is InChI=1S/C62H46N4/c1-45-23-33-54(34-24-45)66(59-21-13-20-53(44-59)61-62(52-18-9-4-10-19-52)64-43-12-11-22-60(64)63-61)58-41-31-51(32-42-58)50-29-39-57(40-30-50)65(55-35-25-48(26-36-55)46-14-5-2-6-15-46)56-37-27-49(28-38-56)47-16-7-3-8-17-47/h2-44H,1H3. The Labute approximate surface area is 386 Å². The lowest BCUT2D eigenvalue weighted by atomic mass is 10.0. The molecule has 2 heterocycles. The maximum atomic E-state index is 5.18. The number of fused-ring (bicyclic) bond motifs is 1. The summed E-state index contributed by atoms with van der Waals surface area (Å²) in [4.78, 5) is 9.85. The molecular formula is C62H46N4. The van der Waals surface area contributed by atoms with E-state index in [1.807, 2.05) is 6.07 Å². The summed E-state index contributed by atoms with van der Waals surface area (Å²) in [7, 11) is 0. The fourth-order valence-electron chi connectivity index (χ4n) is 8.92. The molecule has 4 heteroatoms. The van der Waals surface area contributed by atoms with Crippen molar-refractivity contribution in [1.29, 1.82) is 0 Å². The predicted octanol–water partition coefficient (Wildman–Crippen LogP) is 16.9. The second-order valence-electron chi connectivity index (χ2n) is 16.6. The van der Waals surface area contributed by atoms with Crippen molar-refractivity contribution in [2.75, 3.05) is 9.80 Å². The van der Waals surface area contributed by atoms with Gasteiger partial charge in [-0.3, -0.25) is 4.40 Å². The van der Waals surface area contributed by atoms with Crippen LogP contribution in [0.2, 0.25) is 0 Å². The maximum Gasteiger partial charge on any atom is 0.137 e. The van der Waals surface area contributed by atoms with E-state index in [4.69, 9.17) is 4.98 Å². The number of pyridine rings is 1. The van der Waals surface area contributed by atoms with Gasteiger partial charge in [-0.05, 0) is 125 Å². The van der Waals surface area contributed by atoms with Crippen molar-refractivity contribution in [1.82, 2.24) is 9.38 Å². The molecule has 0 aliphatic carbocycles. The number of aromatic nitrogens is 2. The van der Waals surface area contributed by atoms with E-state index in [1.165, 1.54) is 27.8 Å². The molecule has 9 aromatic carbocycles. The number of anilines is 6. The minimum Gasteiger partial charge on any atom is -0.311 e. The largest absolute Gasteiger partial charge is 0.311 e. The third kappa shape index (κ3) is 8.04. The van der Waals surface area contributed by atoms with Crippen LogP contribution in [-0.4, -0.2) is 9.38 Å². The van der Waals surface area contributed by atoms with Gasteiger partial charge in [0.25, 0.3) is 0 Å². The Morgan fingerprint density at radius 2 is 0.667 bits per heavy atom. The zero-order valence-electron chi connectivity index (χ0n) is 36.6. The molecule has 11 aromatic rings. The number of aryl methyl sites for hydroxylation is 1. The van der Waals surface area contributed by atoms with Gasteiger partial charge in [0.05, 0.1) is 11.4 Å². The minimum absolute atomic E-state index is 0.915. The van der Waals surface area contributed by atoms with E-state index >= 15 is 0 Å². The summed E-state index contributed by atoms with van der Waals surface area (Å²) in [5.74, 6) is 0. The van der Waals surface area contributed by atoms with Crippen LogP contribution >= 0.6 is 0 Å². The van der Waals surface area contributed by atoms with Crippen molar-refractivity contribution >= 4 is 39.8 Å². The highest BCUT2D eigenvalue weighted by molar-refractivity contribution is 5.87. The van der Waals surface area contributed by atoms with E-state index in [0.29, 0.717) is 0 Å². The van der Waals surface area contributed by atoms with Gasteiger partial charge in [0.15, 0.2) is 0 Å². The van der Waals surface area contributed by atoms with Crippen LogP contribution in [0.5, 0.6) is 0 Å². The van der Waals surface area contributed by atoms with E-state index in [0.717, 1.165) is 73.4 Å². The lowest BCUT2D eigenvalue weighted by Crippen LogP contribution is -2.10. The Bertz CT molecular complexity index is 3280. The van der Waals surface area contributed by atoms with Crippen LogP contribution in [0.15, 0.2) is 261 Å². The summed E-state index contributed by atoms with van der Waals surface area (Å²) < 4.78 is 2.18. The van der Waals surface area contributed by atoms with Crippen LogP contribution in [0.3, 0.4) is 0 Å². The SMILES string of the molecule is Cc1ccc(N(c2ccc(-c3ccc(N(c4ccc(-c5ccccc5)cc4)c4ccc(-c5ccccc5)cc4)cc3)cc2)c2cccc(-c3nc4ccccn4c3-c3ccccc3)c2)cc1. The van der Waals surface area contributed by atoms with Crippen molar-refractivity contribution in [2.24, 2.45) is 0 Å². The van der Waals surface area contributed by atoms with Crippen LogP contribution < -0.4 is 9.80 Å². The van der Waals surface area contributed by atoms with E-state index in [2.05, 4.69) is 276 Å². The number of hydrogen-bond donors (Lipinski definition) is 0. The average molecular weight is 847 g/mol. The van der Waals surface area contributed by atoms with Gasteiger partial charge in [0.1, 0.15) is 5.65 Å². The lowest BCUT2D eigenvalue weighted by molar-refractivity contribution is 1.19. The second kappa shape index (κ2) is 17.8. The number of benzene rings is 9. The minimum atomic E-state index is 0.915. The first-order chi connectivity index (χ1) is 32.6. The average Bonchev–Trinajstić information content (AvgIpc) is 3.79. The summed E-state index contributed by atoms with van der Waals surface area (Å²) in [6.07, 6.45) is 2.09. The van der Waals surface area contributed by atoms with Gasteiger partial charge in [-0.15, -0.1) is 0 Å². The monoisotopic (exact) mass is 846 g/mol. The second-order valence-corrected chi connectivity index (χ2v) is 16.6. The first kappa shape index (κ1) is 40.1. The van der Waals surface area contributed by atoms with Gasteiger partial charge in [-0.2, -0.15) is 0 Å². The van der Waals surface area contributed by atoms with Crippen molar-refractivity contribution in [3.8, 4) is 55.9 Å². The maximum absolute atomic E-state index is 5.18. The summed E-state index contributed by atoms with van der Waals surface area (Å²) >= 11 is 0. The highest BCUT2D eigenvalue weighted by Crippen LogP contribution is 2.41. The Morgan fingerprint density at radius 3 is 1.12 bits per heavy atom.